The predicted octanol–water partition coefficient (Wildman–Crippen LogP) is 6.68. The molecule has 1 aliphatic heterocycles. The lowest BCUT2D eigenvalue weighted by atomic mass is 9.99. The number of phenols is 1. The first-order valence-electron chi connectivity index (χ1n) is 9.04. The number of aromatic hydroxyl groups is 1. The van der Waals surface area contributed by atoms with Crippen LogP contribution in [0, 0.1) is 0 Å². The summed E-state index contributed by atoms with van der Waals surface area (Å²) in [7, 11) is 0. The number of benzene rings is 2. The summed E-state index contributed by atoms with van der Waals surface area (Å²) in [5.41, 5.74) is 4.41. The molecule has 0 bridgehead atoms. The molecule has 1 saturated heterocycles. The average molecular weight is 695 g/mol. The SMILES string of the molecule is Oc1cc(Br)c(Br)c2[nH]cc([C@H]3CN(I)[C@H](c4c[nH]c5cc(Br)ccc45)CN3)c12. The highest BCUT2D eigenvalue weighted by atomic mass is 127. The summed E-state index contributed by atoms with van der Waals surface area (Å²) in [6.45, 7) is 1.65. The summed E-state index contributed by atoms with van der Waals surface area (Å²) in [6.07, 6.45) is 4.11. The van der Waals surface area contributed by atoms with E-state index in [0.717, 1.165) is 48.5 Å². The fourth-order valence-electron chi connectivity index (χ4n) is 4.12. The molecule has 0 aliphatic carbocycles. The molecule has 0 radical (unpaired) electrons. The lowest BCUT2D eigenvalue weighted by molar-refractivity contribution is 0.268. The predicted molar refractivity (Wildman–Crippen MR) is 136 cm³/mol. The fourth-order valence-corrected chi connectivity index (χ4v) is 6.22. The standard InChI is InChI=1S/C20H16Br3IN4O/c21-9-1-2-10-11(5-25-14(10)3-9)16-7-26-15(8-28(16)24)12-6-27-20-18(12)17(29)4-13(22)19(20)23/h1-6,15-16,25-27,29H,7-8H2/t15-,16+/m1/s1. The van der Waals surface area contributed by atoms with Crippen LogP contribution in [0.5, 0.6) is 5.75 Å². The molecule has 150 valence electrons. The van der Waals surface area contributed by atoms with Crippen molar-refractivity contribution < 1.29 is 5.11 Å². The number of hydrogen-bond acceptors (Lipinski definition) is 3. The number of piperazine rings is 1. The van der Waals surface area contributed by atoms with E-state index >= 15 is 0 Å². The van der Waals surface area contributed by atoms with E-state index in [0.29, 0.717) is 0 Å². The Kier molecular flexibility index (Phi) is 5.49. The molecule has 9 heteroatoms. The van der Waals surface area contributed by atoms with Crippen molar-refractivity contribution in [3.63, 3.8) is 0 Å². The molecular weight excluding hydrogens is 679 g/mol. The van der Waals surface area contributed by atoms with Crippen LogP contribution in [0.3, 0.4) is 0 Å². The van der Waals surface area contributed by atoms with Gasteiger partial charge in [0.05, 0.1) is 16.0 Å². The number of hydrogen-bond donors (Lipinski definition) is 4. The van der Waals surface area contributed by atoms with Crippen LogP contribution >= 0.6 is 70.7 Å². The summed E-state index contributed by atoms with van der Waals surface area (Å²) < 4.78 is 5.17. The Bertz CT molecular complexity index is 1240. The third-order valence-corrected chi connectivity index (χ3v) is 9.06. The highest BCUT2D eigenvalue weighted by Crippen LogP contribution is 2.42. The van der Waals surface area contributed by atoms with Gasteiger partial charge >= 0.3 is 0 Å². The van der Waals surface area contributed by atoms with Gasteiger partial charge in [-0.15, -0.1) is 0 Å². The maximum Gasteiger partial charge on any atom is 0.126 e. The Morgan fingerprint density at radius 3 is 2.66 bits per heavy atom. The molecule has 2 aromatic carbocycles. The summed E-state index contributed by atoms with van der Waals surface area (Å²) in [5, 5.41) is 16.4. The fraction of sp³-hybridized carbons (Fsp3) is 0.200. The Labute approximate surface area is 206 Å². The number of H-pyrrole nitrogens is 2. The third kappa shape index (κ3) is 3.47. The molecule has 0 unspecified atom stereocenters. The van der Waals surface area contributed by atoms with Crippen LogP contribution in [-0.2, 0) is 0 Å². The summed E-state index contributed by atoms with van der Waals surface area (Å²) in [6, 6.07) is 8.48. The Balaban J connectivity index is 1.46. The first kappa shape index (κ1) is 20.3. The quantitative estimate of drug-likeness (QED) is 0.140. The maximum atomic E-state index is 10.6. The van der Waals surface area contributed by atoms with Crippen LogP contribution in [0.4, 0.5) is 0 Å². The van der Waals surface area contributed by atoms with E-state index in [1.807, 2.05) is 6.20 Å². The molecule has 5 rings (SSSR count). The summed E-state index contributed by atoms with van der Waals surface area (Å²) in [4.78, 5) is 6.70. The van der Waals surface area contributed by atoms with Gasteiger partial charge in [-0.3, -0.25) is 0 Å². The van der Waals surface area contributed by atoms with E-state index in [2.05, 4.69) is 113 Å². The Morgan fingerprint density at radius 2 is 1.86 bits per heavy atom. The number of nitrogens with one attached hydrogen (secondary N) is 3. The highest BCUT2D eigenvalue weighted by Gasteiger charge is 2.32. The van der Waals surface area contributed by atoms with Crippen molar-refractivity contribution in [3.05, 3.63) is 61.2 Å². The smallest absolute Gasteiger partial charge is 0.126 e. The van der Waals surface area contributed by atoms with Gasteiger partial charge in [0, 0.05) is 79.6 Å². The Hall–Kier alpha value is -0.590. The number of aromatic nitrogens is 2. The van der Waals surface area contributed by atoms with Gasteiger partial charge in [-0.25, -0.2) is 3.11 Å². The number of aromatic amines is 2. The van der Waals surface area contributed by atoms with Gasteiger partial charge in [-0.1, -0.05) is 22.0 Å². The van der Waals surface area contributed by atoms with Crippen molar-refractivity contribution in [2.75, 3.05) is 13.1 Å². The average Bonchev–Trinajstić information content (AvgIpc) is 3.30. The van der Waals surface area contributed by atoms with Gasteiger partial charge in [0.2, 0.25) is 0 Å². The third-order valence-electron chi connectivity index (χ3n) is 5.52. The van der Waals surface area contributed by atoms with Gasteiger partial charge < -0.3 is 20.4 Å². The molecule has 0 amide bonds. The molecule has 0 spiro atoms. The molecule has 5 nitrogen and oxygen atoms in total. The Morgan fingerprint density at radius 1 is 1.07 bits per heavy atom. The van der Waals surface area contributed by atoms with Crippen LogP contribution in [0.1, 0.15) is 23.2 Å². The zero-order valence-electron chi connectivity index (χ0n) is 14.9. The number of rotatable bonds is 2. The second-order valence-electron chi connectivity index (χ2n) is 7.18. The summed E-state index contributed by atoms with van der Waals surface area (Å²) in [5.74, 6) is 0.275. The van der Waals surface area contributed by atoms with Crippen LogP contribution in [0.15, 0.2) is 50.1 Å². The highest BCUT2D eigenvalue weighted by molar-refractivity contribution is 14.1. The topological polar surface area (TPSA) is 67.1 Å². The molecule has 29 heavy (non-hydrogen) atoms. The van der Waals surface area contributed by atoms with E-state index in [-0.39, 0.29) is 17.8 Å². The molecule has 1 fully saturated rings. The van der Waals surface area contributed by atoms with E-state index < -0.39 is 0 Å². The largest absolute Gasteiger partial charge is 0.507 e. The minimum Gasteiger partial charge on any atom is -0.507 e. The lowest BCUT2D eigenvalue weighted by Gasteiger charge is -2.36. The molecule has 4 aromatic rings. The van der Waals surface area contributed by atoms with Crippen molar-refractivity contribution in [2.24, 2.45) is 0 Å². The molecule has 2 aromatic heterocycles. The lowest BCUT2D eigenvalue weighted by Crippen LogP contribution is -2.43. The number of phenolic OH excluding ortho intramolecular Hbond substituents is 1. The first-order valence-corrected chi connectivity index (χ1v) is 12.4. The van der Waals surface area contributed by atoms with Gasteiger partial charge in [-0.05, 0) is 61.2 Å². The zero-order valence-corrected chi connectivity index (χ0v) is 21.9. The van der Waals surface area contributed by atoms with E-state index in [4.69, 9.17) is 0 Å². The number of nitrogens with zero attached hydrogens (tertiary/aromatic N) is 1. The maximum absolute atomic E-state index is 10.6. The van der Waals surface area contributed by atoms with Crippen LogP contribution < -0.4 is 5.32 Å². The van der Waals surface area contributed by atoms with Crippen LogP contribution in [-0.4, -0.2) is 31.3 Å². The molecule has 2 atom stereocenters. The molecule has 3 heterocycles. The minimum absolute atomic E-state index is 0.121. The van der Waals surface area contributed by atoms with Crippen LogP contribution in [0.2, 0.25) is 0 Å². The van der Waals surface area contributed by atoms with Crippen molar-refractivity contribution in [2.45, 2.75) is 12.1 Å². The van der Waals surface area contributed by atoms with Crippen molar-refractivity contribution >= 4 is 92.5 Å². The molecule has 4 N–H and O–H groups in total. The van der Waals surface area contributed by atoms with E-state index in [9.17, 15) is 5.11 Å². The van der Waals surface area contributed by atoms with E-state index in [1.54, 1.807) is 6.07 Å². The zero-order chi connectivity index (χ0) is 20.3. The van der Waals surface area contributed by atoms with Crippen molar-refractivity contribution in [3.8, 4) is 5.75 Å². The first-order chi connectivity index (χ1) is 13.9. The second kappa shape index (κ2) is 7.83. The van der Waals surface area contributed by atoms with Crippen LogP contribution in [0.25, 0.3) is 21.8 Å². The molecular formula is C20H16Br3IN4O. The van der Waals surface area contributed by atoms with E-state index in [1.165, 1.54) is 10.9 Å². The minimum atomic E-state index is 0.121. The molecule has 0 saturated carbocycles. The number of halogens is 4. The number of fused-ring (bicyclic) bond motifs is 2. The monoisotopic (exact) mass is 692 g/mol. The van der Waals surface area contributed by atoms with Gasteiger partial charge in [0.1, 0.15) is 5.75 Å². The van der Waals surface area contributed by atoms with Crippen molar-refractivity contribution in [1.82, 2.24) is 18.4 Å². The molecule has 1 aliphatic rings. The summed E-state index contributed by atoms with van der Waals surface area (Å²) >= 11 is 13.0. The van der Waals surface area contributed by atoms with Gasteiger partial charge in [-0.2, -0.15) is 0 Å². The van der Waals surface area contributed by atoms with Crippen molar-refractivity contribution in [1.29, 1.82) is 0 Å². The second-order valence-corrected chi connectivity index (χ2v) is 11.0. The van der Waals surface area contributed by atoms with Gasteiger partial charge in [0.15, 0.2) is 0 Å². The van der Waals surface area contributed by atoms with Gasteiger partial charge in [0.25, 0.3) is 0 Å². The normalized spacial score (nSPS) is 20.7.